The molecule has 3 aliphatic rings. The highest BCUT2D eigenvalue weighted by atomic mass is 79.9. The van der Waals surface area contributed by atoms with Crippen LogP contribution >= 0.6 is 47.8 Å². The Morgan fingerprint density at radius 1 is 0.417 bits per heavy atom. The summed E-state index contributed by atoms with van der Waals surface area (Å²) in [5, 5.41) is 18.6. The largest absolute Gasteiger partial charge is 0.459 e. The summed E-state index contributed by atoms with van der Waals surface area (Å²) in [5.41, 5.74) is 17.3. The van der Waals surface area contributed by atoms with Crippen molar-refractivity contribution in [2.75, 3.05) is 0 Å². The van der Waals surface area contributed by atoms with Crippen molar-refractivity contribution in [2.45, 2.75) is 50.3 Å². The third kappa shape index (κ3) is 8.25. The number of allylic oxidation sites excluding steroid dienone is 4. The van der Waals surface area contributed by atoms with Gasteiger partial charge in [0, 0.05) is 36.0 Å². The molecule has 0 fully saturated rings. The summed E-state index contributed by atoms with van der Waals surface area (Å²) in [4.78, 5) is 0. The molecule has 298 valence electrons. The van der Waals surface area contributed by atoms with E-state index in [0.29, 0.717) is 0 Å². The Bertz CT molecular complexity index is 2680. The van der Waals surface area contributed by atoms with Crippen molar-refractivity contribution >= 4 is 54.9 Å². The van der Waals surface area contributed by atoms with Crippen LogP contribution in [0.5, 0.6) is 0 Å². The first-order valence-corrected chi connectivity index (χ1v) is 22.7. The molecule has 7 aromatic rings. The average molecular weight is 977 g/mol. The Morgan fingerprint density at radius 3 is 1.40 bits per heavy atom. The van der Waals surface area contributed by atoms with Crippen LogP contribution in [-0.2, 0) is 10.8 Å². The van der Waals surface area contributed by atoms with Crippen molar-refractivity contribution in [1.82, 2.24) is 0 Å². The monoisotopic (exact) mass is 974 g/mol. The molecule has 0 aliphatic heterocycles. The van der Waals surface area contributed by atoms with Crippen molar-refractivity contribution in [1.29, 1.82) is 0 Å². The number of rotatable bonds is 4. The Kier molecular flexibility index (Phi) is 12.2. The summed E-state index contributed by atoms with van der Waals surface area (Å²) in [6, 6.07) is 56.0. The molecule has 60 heavy (non-hydrogen) atoms. The Labute approximate surface area is 380 Å². The van der Waals surface area contributed by atoms with Gasteiger partial charge in [-0.05, 0) is 115 Å². The molecule has 7 aromatic carbocycles. The molecule has 0 bridgehead atoms. The fraction of sp³-hybridized carbons (Fsp3) is 0.148. The quantitative estimate of drug-likeness (QED) is 0.173. The topological polar surface area (TPSA) is 40.5 Å². The number of hydrogen-bond acceptors (Lipinski definition) is 2. The Balaban J connectivity index is 0.000000134. The van der Waals surface area contributed by atoms with Crippen LogP contribution in [-0.4, -0.2) is 17.2 Å². The summed E-state index contributed by atoms with van der Waals surface area (Å²) >= 11 is 10.8. The normalized spacial score (nSPS) is 16.9. The van der Waals surface area contributed by atoms with Gasteiger partial charge in [0.25, 0.3) is 0 Å². The van der Waals surface area contributed by atoms with E-state index in [1.165, 1.54) is 66.8 Å². The standard InChI is InChI=1S/C27H21Br.C15H12Br2.C12H13BO2/c1-27(2)25-15-13-20(28)17-24(25)23-14-12-19(16-26(23)27)22-11-7-6-10-21(22)18-8-4-3-5-9-18;1-15(2)13-5-3-9(16)7-11(13)12-8-10(17)4-6-14(12)15;14-13(15)12-9-5-4-8-11(12)10-6-2-1-3-7-10/h3-17H,1-2H3;3-8H,1-2H3;1-9,11-12,14-15H. The third-order valence-corrected chi connectivity index (χ3v) is 13.7. The lowest BCUT2D eigenvalue weighted by atomic mass is 9.62. The highest BCUT2D eigenvalue weighted by Gasteiger charge is 2.37. The van der Waals surface area contributed by atoms with Crippen molar-refractivity contribution in [3.8, 4) is 44.5 Å². The van der Waals surface area contributed by atoms with Gasteiger partial charge >= 0.3 is 7.12 Å². The van der Waals surface area contributed by atoms with E-state index in [4.69, 9.17) is 0 Å². The Morgan fingerprint density at radius 2 is 0.867 bits per heavy atom. The predicted octanol–water partition coefficient (Wildman–Crippen LogP) is 15.3. The van der Waals surface area contributed by atoms with Gasteiger partial charge in [0.1, 0.15) is 0 Å². The minimum Gasteiger partial charge on any atom is -0.427 e. The lowest BCUT2D eigenvalue weighted by Crippen LogP contribution is -2.24. The molecule has 2 atom stereocenters. The van der Waals surface area contributed by atoms with Gasteiger partial charge in [0.05, 0.1) is 0 Å². The molecule has 0 aromatic heterocycles. The lowest BCUT2D eigenvalue weighted by Gasteiger charge is -2.23. The zero-order valence-corrected chi connectivity index (χ0v) is 38.8. The smallest absolute Gasteiger partial charge is 0.427 e. The van der Waals surface area contributed by atoms with Gasteiger partial charge in [-0.25, -0.2) is 0 Å². The van der Waals surface area contributed by atoms with Crippen LogP contribution in [0.4, 0.5) is 0 Å². The molecule has 0 saturated carbocycles. The molecular weight excluding hydrogens is 931 g/mol. The van der Waals surface area contributed by atoms with Gasteiger partial charge in [-0.15, -0.1) is 0 Å². The molecular formula is C54H46BBr3O2. The summed E-state index contributed by atoms with van der Waals surface area (Å²) in [6.07, 6.45) is 7.63. The van der Waals surface area contributed by atoms with E-state index in [-0.39, 0.29) is 22.6 Å². The van der Waals surface area contributed by atoms with Crippen LogP contribution in [0.2, 0.25) is 5.82 Å². The second-order valence-corrected chi connectivity index (χ2v) is 19.4. The van der Waals surface area contributed by atoms with Gasteiger partial charge in [-0.3, -0.25) is 0 Å². The van der Waals surface area contributed by atoms with Gasteiger partial charge in [-0.2, -0.15) is 0 Å². The average Bonchev–Trinajstić information content (AvgIpc) is 3.62. The molecule has 3 aliphatic carbocycles. The summed E-state index contributed by atoms with van der Waals surface area (Å²) in [6.45, 7) is 9.25. The molecule has 2 unspecified atom stereocenters. The highest BCUT2D eigenvalue weighted by molar-refractivity contribution is 9.11. The van der Waals surface area contributed by atoms with Crippen LogP contribution < -0.4 is 0 Å². The maximum Gasteiger partial charge on any atom is 0.459 e. The third-order valence-electron chi connectivity index (χ3n) is 12.3. The van der Waals surface area contributed by atoms with E-state index < -0.39 is 7.12 Å². The summed E-state index contributed by atoms with van der Waals surface area (Å²) in [5.74, 6) is -0.200. The maximum absolute atomic E-state index is 9.28. The second-order valence-electron chi connectivity index (χ2n) is 16.7. The van der Waals surface area contributed by atoms with Crippen molar-refractivity contribution in [2.24, 2.45) is 0 Å². The molecule has 10 rings (SSSR count). The molecule has 0 radical (unpaired) electrons. The molecule has 6 heteroatoms. The number of benzene rings is 7. The van der Waals surface area contributed by atoms with E-state index >= 15 is 0 Å². The Hall–Kier alpha value is -4.56. The van der Waals surface area contributed by atoms with E-state index in [9.17, 15) is 10.0 Å². The van der Waals surface area contributed by atoms with Gasteiger partial charge in [0.2, 0.25) is 0 Å². The predicted molar refractivity (Wildman–Crippen MR) is 263 cm³/mol. The van der Waals surface area contributed by atoms with Gasteiger partial charge < -0.3 is 10.0 Å². The second kappa shape index (κ2) is 17.4. The zero-order chi connectivity index (χ0) is 42.2. The van der Waals surface area contributed by atoms with Crippen LogP contribution in [0, 0.1) is 0 Å². The van der Waals surface area contributed by atoms with Crippen LogP contribution in [0.15, 0.2) is 195 Å². The van der Waals surface area contributed by atoms with Crippen LogP contribution in [0.1, 0.15) is 61.4 Å². The van der Waals surface area contributed by atoms with Crippen LogP contribution in [0.3, 0.4) is 0 Å². The molecule has 0 heterocycles. The summed E-state index contributed by atoms with van der Waals surface area (Å²) in [7, 11) is -1.31. The number of halogens is 3. The fourth-order valence-electron chi connectivity index (χ4n) is 9.13. The first kappa shape index (κ1) is 42.1. The maximum atomic E-state index is 9.28. The van der Waals surface area contributed by atoms with E-state index in [0.717, 1.165) is 19.0 Å². The highest BCUT2D eigenvalue weighted by Crippen LogP contribution is 2.52. The van der Waals surface area contributed by atoms with Gasteiger partial charge in [-0.1, -0.05) is 215 Å². The van der Waals surface area contributed by atoms with Crippen molar-refractivity contribution < 1.29 is 10.0 Å². The minimum atomic E-state index is -1.31. The molecule has 0 spiro atoms. The molecule has 2 N–H and O–H groups in total. The summed E-state index contributed by atoms with van der Waals surface area (Å²) < 4.78 is 3.41. The molecule has 0 saturated heterocycles. The zero-order valence-electron chi connectivity index (χ0n) is 34.1. The van der Waals surface area contributed by atoms with Gasteiger partial charge in [0.15, 0.2) is 0 Å². The van der Waals surface area contributed by atoms with E-state index in [1.54, 1.807) is 0 Å². The van der Waals surface area contributed by atoms with Crippen molar-refractivity contribution in [3.05, 3.63) is 223 Å². The van der Waals surface area contributed by atoms with E-state index in [1.807, 2.05) is 54.6 Å². The number of fused-ring (bicyclic) bond motifs is 6. The fourth-order valence-corrected chi connectivity index (χ4v) is 10.2. The molecule has 0 amide bonds. The first-order chi connectivity index (χ1) is 28.8. The number of hydrogen-bond donors (Lipinski definition) is 2. The minimum absolute atomic E-state index is 0.00304. The molecule has 2 nitrogen and oxygen atoms in total. The van der Waals surface area contributed by atoms with Crippen LogP contribution in [0.25, 0.3) is 44.5 Å². The lowest BCUT2D eigenvalue weighted by molar-refractivity contribution is 0.389. The SMILES string of the molecule is CC1(C)c2ccc(Br)cc2-c2cc(Br)ccc21.CC1(C)c2ccc(Br)cc2-c2ccc(-c3ccccc3-c3ccccc3)cc21.OB(O)C1C=CC=CC1c1ccccc1. The first-order valence-electron chi connectivity index (χ1n) is 20.3. The van der Waals surface area contributed by atoms with E-state index in [2.05, 4.69) is 203 Å². The van der Waals surface area contributed by atoms with Crippen molar-refractivity contribution in [3.63, 3.8) is 0 Å².